The molecule has 1 aromatic heterocycles. The van der Waals surface area contributed by atoms with Gasteiger partial charge in [0.25, 0.3) is 0 Å². The zero-order valence-corrected chi connectivity index (χ0v) is 12.3. The molecule has 0 radical (unpaired) electrons. The number of phenols is 1. The molecule has 0 aliphatic heterocycles. The van der Waals surface area contributed by atoms with E-state index in [9.17, 15) is 9.90 Å². The Bertz CT molecular complexity index is 691. The largest absolute Gasteiger partial charge is 0.508 e. The van der Waals surface area contributed by atoms with Crippen LogP contribution < -0.4 is 5.63 Å². The van der Waals surface area contributed by atoms with Gasteiger partial charge in [0.15, 0.2) is 0 Å². The van der Waals surface area contributed by atoms with Gasteiger partial charge in [-0.25, -0.2) is 4.79 Å². The van der Waals surface area contributed by atoms with Crippen molar-refractivity contribution < 1.29 is 9.52 Å². The van der Waals surface area contributed by atoms with Crippen molar-refractivity contribution >= 4 is 16.5 Å². The van der Waals surface area contributed by atoms with Crippen molar-refractivity contribution in [1.82, 2.24) is 0 Å². The lowest BCUT2D eigenvalue weighted by molar-refractivity contribution is 0.473. The number of allylic oxidation sites excluding steroid dienone is 4. The summed E-state index contributed by atoms with van der Waals surface area (Å²) in [6.45, 7) is 7.76. The van der Waals surface area contributed by atoms with Crippen LogP contribution in [0.1, 0.15) is 33.3 Å². The molecule has 0 aliphatic carbocycles. The Labute approximate surface area is 118 Å². The van der Waals surface area contributed by atoms with E-state index in [-0.39, 0.29) is 5.75 Å². The number of fused-ring (bicyclic) bond motifs is 1. The van der Waals surface area contributed by atoms with Crippen molar-refractivity contribution in [3.63, 3.8) is 0 Å². The molecule has 0 aliphatic rings. The maximum atomic E-state index is 11.9. The molecule has 0 saturated carbocycles. The molecule has 0 fully saturated rings. The molecular formula is C17H20O3. The Hall–Kier alpha value is -2.29. The molecule has 0 atom stereocenters. The van der Waals surface area contributed by atoms with E-state index in [1.54, 1.807) is 18.2 Å². The van der Waals surface area contributed by atoms with Gasteiger partial charge in [-0.1, -0.05) is 32.1 Å². The quantitative estimate of drug-likeness (QED) is 0.646. The minimum atomic E-state index is -0.403. The number of aromatic hydroxyl groups is 1. The third-order valence-corrected chi connectivity index (χ3v) is 2.69. The number of phenolic OH excluding ortho intramolecular Hbond substituents is 1. The van der Waals surface area contributed by atoms with E-state index in [0.717, 1.165) is 11.0 Å². The van der Waals surface area contributed by atoms with Crippen LogP contribution in [0.25, 0.3) is 16.5 Å². The summed E-state index contributed by atoms with van der Waals surface area (Å²) in [5.74, 6) is 0.0816. The van der Waals surface area contributed by atoms with Gasteiger partial charge in [0.1, 0.15) is 11.3 Å². The van der Waals surface area contributed by atoms with Gasteiger partial charge in [-0.3, -0.25) is 0 Å². The Morgan fingerprint density at radius 1 is 1.20 bits per heavy atom. The highest BCUT2D eigenvalue weighted by Crippen LogP contribution is 2.22. The molecule has 1 N–H and O–H groups in total. The number of rotatable bonds is 2. The summed E-state index contributed by atoms with van der Waals surface area (Å²) >= 11 is 0. The molecule has 0 saturated heterocycles. The van der Waals surface area contributed by atoms with Gasteiger partial charge in [-0.05, 0) is 37.6 Å². The van der Waals surface area contributed by atoms with Gasteiger partial charge in [0.2, 0.25) is 0 Å². The van der Waals surface area contributed by atoms with Crippen LogP contribution in [-0.4, -0.2) is 5.11 Å². The summed E-state index contributed by atoms with van der Waals surface area (Å²) in [7, 11) is 0. The van der Waals surface area contributed by atoms with Crippen LogP contribution in [-0.2, 0) is 0 Å². The van der Waals surface area contributed by atoms with E-state index in [1.165, 1.54) is 6.07 Å². The molecule has 2 rings (SSSR count). The lowest BCUT2D eigenvalue weighted by Crippen LogP contribution is -2.05. The number of benzene rings is 1. The first-order valence-corrected chi connectivity index (χ1v) is 6.72. The second-order valence-corrected chi connectivity index (χ2v) is 3.91. The molecule has 1 aromatic carbocycles. The van der Waals surface area contributed by atoms with Crippen LogP contribution in [0.4, 0.5) is 0 Å². The summed E-state index contributed by atoms with van der Waals surface area (Å²) in [5, 5.41) is 10.1. The molecule has 0 spiro atoms. The SMILES string of the molecule is C/C=C\C(=C/C)c1cc2ccc(O)cc2oc1=O.CC. The van der Waals surface area contributed by atoms with E-state index in [4.69, 9.17) is 4.42 Å². The highest BCUT2D eigenvalue weighted by atomic mass is 16.4. The van der Waals surface area contributed by atoms with Gasteiger partial charge in [-0.15, -0.1) is 0 Å². The summed E-state index contributed by atoms with van der Waals surface area (Å²) in [5.41, 5.74) is 1.33. The van der Waals surface area contributed by atoms with Crippen LogP contribution in [0.2, 0.25) is 0 Å². The first kappa shape index (κ1) is 15.8. The number of hydrogen-bond acceptors (Lipinski definition) is 3. The van der Waals surface area contributed by atoms with Crippen LogP contribution in [0.3, 0.4) is 0 Å². The second kappa shape index (κ2) is 7.34. The molecule has 20 heavy (non-hydrogen) atoms. The predicted octanol–water partition coefficient (Wildman–Crippen LogP) is 4.50. The van der Waals surface area contributed by atoms with Gasteiger partial charge in [0, 0.05) is 11.5 Å². The third-order valence-electron chi connectivity index (χ3n) is 2.69. The van der Waals surface area contributed by atoms with Crippen LogP contribution in [0.5, 0.6) is 5.75 Å². The average Bonchev–Trinajstić information content (AvgIpc) is 2.46. The first-order valence-electron chi connectivity index (χ1n) is 6.72. The molecule has 3 nitrogen and oxygen atoms in total. The lowest BCUT2D eigenvalue weighted by Gasteiger charge is -2.03. The summed E-state index contributed by atoms with van der Waals surface area (Å²) in [6, 6.07) is 6.50. The Morgan fingerprint density at radius 3 is 2.50 bits per heavy atom. The third kappa shape index (κ3) is 3.38. The molecular weight excluding hydrogens is 252 g/mol. The smallest absolute Gasteiger partial charge is 0.344 e. The van der Waals surface area contributed by atoms with Gasteiger partial charge < -0.3 is 9.52 Å². The fraction of sp³-hybridized carbons (Fsp3) is 0.235. The van der Waals surface area contributed by atoms with Gasteiger partial charge in [-0.2, -0.15) is 0 Å². The van der Waals surface area contributed by atoms with E-state index in [2.05, 4.69) is 0 Å². The standard InChI is InChI=1S/C15H14O3.C2H6/c1-3-5-10(4-2)13-8-11-6-7-12(16)9-14(11)18-15(13)17;1-2/h3-9,16H,1-2H3;1-2H3/b5-3-,10-4+;. The Morgan fingerprint density at radius 2 is 1.90 bits per heavy atom. The van der Waals surface area contributed by atoms with Crippen molar-refractivity contribution in [3.05, 3.63) is 58.5 Å². The fourth-order valence-electron chi connectivity index (χ4n) is 1.82. The van der Waals surface area contributed by atoms with E-state index in [0.29, 0.717) is 11.1 Å². The zero-order chi connectivity index (χ0) is 15.1. The summed E-state index contributed by atoms with van der Waals surface area (Å²) < 4.78 is 5.21. The molecule has 0 unspecified atom stereocenters. The van der Waals surface area contributed by atoms with Crippen molar-refractivity contribution in [3.8, 4) is 5.75 Å². The molecule has 2 aromatic rings. The van der Waals surface area contributed by atoms with Crippen molar-refractivity contribution in [2.24, 2.45) is 0 Å². The van der Waals surface area contributed by atoms with Crippen molar-refractivity contribution in [2.45, 2.75) is 27.7 Å². The zero-order valence-electron chi connectivity index (χ0n) is 12.3. The van der Waals surface area contributed by atoms with E-state index >= 15 is 0 Å². The van der Waals surface area contributed by atoms with Crippen LogP contribution in [0, 0.1) is 0 Å². The summed E-state index contributed by atoms with van der Waals surface area (Å²) in [6.07, 6.45) is 5.59. The maximum absolute atomic E-state index is 11.9. The Balaban J connectivity index is 0.000000956. The van der Waals surface area contributed by atoms with Crippen molar-refractivity contribution in [1.29, 1.82) is 0 Å². The molecule has 0 bridgehead atoms. The molecule has 0 amide bonds. The second-order valence-electron chi connectivity index (χ2n) is 3.91. The molecule has 106 valence electrons. The fourth-order valence-corrected chi connectivity index (χ4v) is 1.82. The number of hydrogen-bond donors (Lipinski definition) is 1. The highest BCUT2D eigenvalue weighted by Gasteiger charge is 2.08. The van der Waals surface area contributed by atoms with Gasteiger partial charge >= 0.3 is 5.63 Å². The predicted molar refractivity (Wildman–Crippen MR) is 84.0 cm³/mol. The lowest BCUT2D eigenvalue weighted by atomic mass is 10.1. The van der Waals surface area contributed by atoms with Crippen molar-refractivity contribution in [2.75, 3.05) is 0 Å². The molecule has 1 heterocycles. The maximum Gasteiger partial charge on any atom is 0.344 e. The van der Waals surface area contributed by atoms with E-state index < -0.39 is 5.63 Å². The summed E-state index contributed by atoms with van der Waals surface area (Å²) in [4.78, 5) is 11.9. The van der Waals surface area contributed by atoms with E-state index in [1.807, 2.05) is 45.9 Å². The monoisotopic (exact) mass is 272 g/mol. The average molecular weight is 272 g/mol. The normalized spacial score (nSPS) is 11.5. The van der Waals surface area contributed by atoms with Gasteiger partial charge in [0.05, 0.1) is 5.56 Å². The minimum absolute atomic E-state index is 0.0816. The highest BCUT2D eigenvalue weighted by molar-refractivity contribution is 5.83. The topological polar surface area (TPSA) is 50.4 Å². The first-order chi connectivity index (χ1) is 9.65. The minimum Gasteiger partial charge on any atom is -0.508 e. The molecule has 3 heteroatoms. The Kier molecular flexibility index (Phi) is 5.78. The van der Waals surface area contributed by atoms with Crippen LogP contribution >= 0.6 is 0 Å². The van der Waals surface area contributed by atoms with Crippen LogP contribution in [0.15, 0.2) is 51.7 Å².